The summed E-state index contributed by atoms with van der Waals surface area (Å²) in [6.45, 7) is 2.00. The maximum Gasteiger partial charge on any atom is -0.0134 e. The first-order valence-electron chi connectivity index (χ1n) is 13.4. The Balaban J connectivity index is 0.000000263. The maximum absolute atomic E-state index is 8.00. The first-order valence-corrected chi connectivity index (χ1v) is 18.3. The van der Waals surface area contributed by atoms with Crippen LogP contribution in [0.25, 0.3) is 5.59 Å². The zero-order valence-electron chi connectivity index (χ0n) is 23.9. The summed E-state index contributed by atoms with van der Waals surface area (Å²) in [5, 5.41) is 8.39. The number of hydrogen-bond donors (Lipinski definition) is 0. The van der Waals surface area contributed by atoms with E-state index in [-0.39, 0.29) is 0 Å². The molecule has 0 N–H and O–H groups in total. The number of carbonyl (C=O) groups is 1. The van der Waals surface area contributed by atoms with Crippen LogP contribution in [-0.4, -0.2) is 6.79 Å². The summed E-state index contributed by atoms with van der Waals surface area (Å²) in [4.78, 5) is 15.2. The van der Waals surface area contributed by atoms with E-state index in [0.29, 0.717) is 0 Å². The molecule has 0 aliphatic heterocycles. The van der Waals surface area contributed by atoms with Crippen LogP contribution in [0.15, 0.2) is 182 Å². The predicted octanol–water partition coefficient (Wildman–Crippen LogP) is 7.71. The molecule has 0 aliphatic rings. The zero-order chi connectivity index (χ0) is 31.8. The van der Waals surface area contributed by atoms with Crippen LogP contribution in [0.2, 0.25) is 0 Å². The largest absolute Gasteiger partial charge is 0.577 e. The molecule has 0 saturated carbocycles. The second-order valence-electron chi connectivity index (χ2n) is 8.68. The number of rotatable bonds is 6. The summed E-state index contributed by atoms with van der Waals surface area (Å²) in [6.07, 6.45) is 0. The summed E-state index contributed by atoms with van der Waals surface area (Å²) >= 11 is 1.82. The van der Waals surface area contributed by atoms with Crippen LogP contribution in [0.4, 0.5) is 0 Å². The van der Waals surface area contributed by atoms with Crippen molar-refractivity contribution in [2.75, 3.05) is 0 Å². The predicted molar refractivity (Wildman–Crippen MR) is 190 cm³/mol. The van der Waals surface area contributed by atoms with E-state index in [4.69, 9.17) is 15.3 Å². The van der Waals surface area contributed by atoms with Crippen molar-refractivity contribution in [1.29, 1.82) is 0 Å². The zero-order valence-corrected chi connectivity index (χ0v) is 28.2. The van der Waals surface area contributed by atoms with E-state index >= 15 is 0 Å². The molecule has 0 heterocycles. The smallest absolute Gasteiger partial charge is 0.0134 e. The van der Waals surface area contributed by atoms with Crippen LogP contribution in [0.3, 0.4) is 0 Å². The van der Waals surface area contributed by atoms with Crippen molar-refractivity contribution in [1.82, 2.24) is 0 Å². The molecule has 6 aromatic carbocycles. The van der Waals surface area contributed by atoms with Gasteiger partial charge in [-0.25, -0.2) is 0 Å². The van der Waals surface area contributed by atoms with Crippen molar-refractivity contribution in [2.24, 2.45) is 0 Å². The summed E-state index contributed by atoms with van der Waals surface area (Å²) in [7, 11) is 3.68. The Labute approximate surface area is 277 Å². The number of nitroso groups, excluding NO2 is 1. The van der Waals surface area contributed by atoms with E-state index in [1.165, 1.54) is 31.8 Å². The molecular weight excluding hydrogens is 689 g/mol. The molecule has 0 unspecified atom stereocenters. The summed E-state index contributed by atoms with van der Waals surface area (Å²) < 4.78 is 0. The average molecular weight is 721 g/mol. The van der Waals surface area contributed by atoms with Gasteiger partial charge in [0.25, 0.3) is 0 Å². The van der Waals surface area contributed by atoms with Gasteiger partial charge in [-0.1, -0.05) is 182 Å². The molecule has 0 saturated heterocycles. The van der Waals surface area contributed by atoms with Crippen molar-refractivity contribution in [2.45, 2.75) is 0 Å². The molecule has 0 atom stereocenters. The molecule has 3 nitrogen and oxygen atoms in total. The fraction of sp³-hybridized carbons (Fsp3) is 0. The van der Waals surface area contributed by atoms with Gasteiger partial charge in [0, 0.05) is 0 Å². The van der Waals surface area contributed by atoms with Gasteiger partial charge >= 0.3 is 27.0 Å². The Kier molecular flexibility index (Phi) is 19.0. The minimum absolute atomic E-state index is 0.446. The number of halogens is 1. The van der Waals surface area contributed by atoms with Crippen LogP contribution >= 0.6 is 25.5 Å². The van der Waals surface area contributed by atoms with Crippen molar-refractivity contribution in [3.05, 3.63) is 192 Å². The van der Waals surface area contributed by atoms with Gasteiger partial charge in [-0.2, -0.15) is 0 Å². The van der Waals surface area contributed by atoms with Gasteiger partial charge in [-0.15, -0.1) is 0 Å². The molecule has 0 spiro atoms. The molecule has 6 aromatic rings. The van der Waals surface area contributed by atoms with Gasteiger partial charge in [0.15, 0.2) is 0 Å². The molecule has 0 aliphatic carbocycles. The van der Waals surface area contributed by atoms with Crippen LogP contribution < -0.4 is 31.8 Å². The van der Waals surface area contributed by atoms with Crippen molar-refractivity contribution in [3.63, 3.8) is 0 Å². The van der Waals surface area contributed by atoms with Gasteiger partial charge in [-0.3, -0.25) is 0 Å². The van der Waals surface area contributed by atoms with Gasteiger partial charge < -0.3 is 15.3 Å². The minimum Gasteiger partial charge on any atom is -0.577 e. The third-order valence-electron chi connectivity index (χ3n) is 6.09. The summed E-state index contributed by atoms with van der Waals surface area (Å²) in [6, 6.07) is 64.7. The average Bonchev–Trinajstić information content (AvgIpc) is 3.14. The van der Waals surface area contributed by atoms with E-state index in [0.717, 1.165) is 0 Å². The Morgan fingerprint density at radius 3 is 0.568 bits per heavy atom. The van der Waals surface area contributed by atoms with E-state index < -0.39 is 15.8 Å². The fourth-order valence-corrected chi connectivity index (χ4v) is 8.97. The minimum atomic E-state index is -0.446. The molecule has 222 valence electrons. The quantitative estimate of drug-likeness (QED) is 0.131. The standard InChI is InChI=1S/2C18H15P.CH2O.ClH.NO.Ru/c2*1-4-10-16(11-5-1)19(17-12-6-2-7-13-17)18-14-8-3-9-15-18;1-2;;1-2;/h2*1-15H;1H2;1H;;/q;;;;-1;+2/p-1. The SMILES string of the molecule is C=O.[Cl][Ru+].[N-]=O.c1ccc(P(c2ccccc2)c2ccccc2)cc1.c1ccc(P(c2ccccc2)c2ccccc2)cc1. The molecule has 0 fully saturated rings. The monoisotopic (exact) mass is 721 g/mol. The normalized spacial score (nSPS) is 9.45. The molecule has 7 heteroatoms. The second kappa shape index (κ2) is 22.8. The van der Waals surface area contributed by atoms with E-state index in [1.54, 1.807) is 0 Å². The van der Waals surface area contributed by atoms with E-state index in [9.17, 15) is 0 Å². The Hall–Kier alpha value is -3.64. The van der Waals surface area contributed by atoms with E-state index in [2.05, 4.69) is 192 Å². The van der Waals surface area contributed by atoms with Crippen LogP contribution in [0.5, 0.6) is 0 Å². The van der Waals surface area contributed by atoms with E-state index in [1.807, 2.05) is 24.1 Å². The van der Waals surface area contributed by atoms with Gasteiger partial charge in [0.05, 0.1) is 0 Å². The van der Waals surface area contributed by atoms with Gasteiger partial charge in [0.1, 0.15) is 6.79 Å². The number of hydrogen-bond acceptors (Lipinski definition) is 2. The molecule has 6 rings (SSSR count). The topological polar surface area (TPSA) is 56.4 Å². The number of benzene rings is 6. The molecule has 44 heavy (non-hydrogen) atoms. The molecule has 0 bridgehead atoms. The first kappa shape index (κ1) is 36.6. The fourth-order valence-electron chi connectivity index (χ4n) is 4.36. The van der Waals surface area contributed by atoms with Crippen molar-refractivity contribution in [3.8, 4) is 0 Å². The van der Waals surface area contributed by atoms with Crippen LogP contribution in [0.1, 0.15) is 0 Å². The Bertz CT molecular complexity index is 1230. The Morgan fingerprint density at radius 2 is 0.455 bits per heavy atom. The van der Waals surface area contributed by atoms with Gasteiger partial charge in [0.2, 0.25) is 0 Å². The van der Waals surface area contributed by atoms with Gasteiger partial charge in [-0.05, 0) is 47.7 Å². The second-order valence-corrected chi connectivity index (χ2v) is 13.1. The van der Waals surface area contributed by atoms with Crippen LogP contribution in [-0.2, 0) is 22.1 Å². The maximum atomic E-state index is 8.00. The number of carbonyl (C=O) groups excluding carboxylic acids is 1. The molecular formula is C37H32ClNO2P2Ru. The van der Waals surface area contributed by atoms with Crippen LogP contribution in [0, 0.1) is 4.91 Å². The van der Waals surface area contributed by atoms with Crippen molar-refractivity contribution >= 4 is 64.2 Å². The van der Waals surface area contributed by atoms with Crippen molar-refractivity contribution < 1.29 is 22.1 Å². The summed E-state index contributed by atoms with van der Waals surface area (Å²) in [5.74, 6) is 0. The first-order chi connectivity index (χ1) is 21.9. The third kappa shape index (κ3) is 11.5. The summed E-state index contributed by atoms with van der Waals surface area (Å²) in [5.41, 5.74) is 5.75. The third-order valence-corrected chi connectivity index (χ3v) is 11.0. The number of nitrogens with zero attached hydrogens (tertiary/aromatic N) is 1. The molecule has 0 aromatic heterocycles. The molecule has 0 amide bonds. The molecule has 0 radical (unpaired) electrons. The Morgan fingerprint density at radius 1 is 0.341 bits per heavy atom.